The van der Waals surface area contributed by atoms with Gasteiger partial charge in [-0.3, -0.25) is 0 Å². The fourth-order valence-electron chi connectivity index (χ4n) is 2.30. The molecule has 0 unspecified atom stereocenters. The quantitative estimate of drug-likeness (QED) is 0.635. The first-order chi connectivity index (χ1) is 11.8. The van der Waals surface area contributed by atoms with Gasteiger partial charge in [-0.25, -0.2) is 9.37 Å². The Morgan fingerprint density at radius 1 is 1.04 bits per heavy atom. The van der Waals surface area contributed by atoms with E-state index in [9.17, 15) is 4.39 Å². The molecular weight excluding hydrogens is 307 g/mol. The van der Waals surface area contributed by atoms with Crippen LogP contribution in [0.1, 0.15) is 12.2 Å². The molecule has 1 N–H and O–H groups in total. The van der Waals surface area contributed by atoms with Crippen molar-refractivity contribution in [2.24, 2.45) is 0 Å². The zero-order valence-electron chi connectivity index (χ0n) is 13.2. The van der Waals surface area contributed by atoms with Gasteiger partial charge in [-0.15, -0.1) is 0 Å². The van der Waals surface area contributed by atoms with E-state index < -0.39 is 0 Å². The number of benzene rings is 1. The van der Waals surface area contributed by atoms with Crippen molar-refractivity contribution in [1.29, 1.82) is 0 Å². The summed E-state index contributed by atoms with van der Waals surface area (Å²) in [7, 11) is 0. The lowest BCUT2D eigenvalue weighted by Crippen LogP contribution is -2.16. The molecule has 0 amide bonds. The average Bonchev–Trinajstić information content (AvgIpc) is 3.08. The highest BCUT2D eigenvalue weighted by molar-refractivity contribution is 5.58. The first-order valence-electron chi connectivity index (χ1n) is 7.91. The first-order valence-corrected chi connectivity index (χ1v) is 7.91. The van der Waals surface area contributed by atoms with Gasteiger partial charge in [0, 0.05) is 12.3 Å². The first kappa shape index (κ1) is 16.2. The fourth-order valence-corrected chi connectivity index (χ4v) is 2.30. The number of halogens is 1. The second-order valence-corrected chi connectivity index (χ2v) is 5.29. The number of nitrogens with zero attached hydrogens (tertiary/aromatic N) is 1. The smallest absolute Gasteiger partial charge is 0.213 e. The van der Waals surface area contributed by atoms with Gasteiger partial charge in [0.05, 0.1) is 18.7 Å². The van der Waals surface area contributed by atoms with Gasteiger partial charge in [-0.1, -0.05) is 18.2 Å². The van der Waals surface area contributed by atoms with E-state index in [2.05, 4.69) is 10.3 Å². The second-order valence-electron chi connectivity index (χ2n) is 5.29. The summed E-state index contributed by atoms with van der Waals surface area (Å²) in [5.74, 6) is 1.68. The van der Waals surface area contributed by atoms with Crippen LogP contribution in [0, 0.1) is 5.82 Å². The highest BCUT2D eigenvalue weighted by atomic mass is 19.1. The topological polar surface area (TPSA) is 47.3 Å². The zero-order valence-corrected chi connectivity index (χ0v) is 13.2. The number of hydrogen-bond acceptors (Lipinski definition) is 4. The van der Waals surface area contributed by atoms with E-state index in [0.717, 1.165) is 18.7 Å². The summed E-state index contributed by atoms with van der Waals surface area (Å²) < 4.78 is 24.9. The SMILES string of the molecule is Fc1ccccc1-c1ccc(CNCCCOc2ccccn2)o1. The fraction of sp³-hybridized carbons (Fsp3) is 0.211. The molecule has 0 radical (unpaired) electrons. The molecule has 0 bridgehead atoms. The summed E-state index contributed by atoms with van der Waals surface area (Å²) in [5.41, 5.74) is 0.479. The van der Waals surface area contributed by atoms with Crippen LogP contribution in [0.4, 0.5) is 4.39 Å². The molecule has 2 heterocycles. The number of aromatic nitrogens is 1. The van der Waals surface area contributed by atoms with Crippen molar-refractivity contribution in [3.8, 4) is 17.2 Å². The Labute approximate surface area is 140 Å². The number of rotatable bonds is 8. The van der Waals surface area contributed by atoms with E-state index >= 15 is 0 Å². The van der Waals surface area contributed by atoms with Crippen molar-refractivity contribution in [1.82, 2.24) is 10.3 Å². The van der Waals surface area contributed by atoms with Gasteiger partial charge >= 0.3 is 0 Å². The largest absolute Gasteiger partial charge is 0.478 e. The summed E-state index contributed by atoms with van der Waals surface area (Å²) in [6, 6.07) is 15.8. The van der Waals surface area contributed by atoms with E-state index in [0.29, 0.717) is 30.4 Å². The van der Waals surface area contributed by atoms with Crippen molar-refractivity contribution in [2.45, 2.75) is 13.0 Å². The Kier molecular flexibility index (Phi) is 5.58. The third-order valence-electron chi connectivity index (χ3n) is 3.49. The van der Waals surface area contributed by atoms with Crippen molar-refractivity contribution in [2.75, 3.05) is 13.2 Å². The van der Waals surface area contributed by atoms with E-state index in [4.69, 9.17) is 9.15 Å². The maximum atomic E-state index is 13.7. The lowest BCUT2D eigenvalue weighted by Gasteiger charge is -2.05. The Morgan fingerprint density at radius 2 is 1.92 bits per heavy atom. The molecule has 124 valence electrons. The van der Waals surface area contributed by atoms with Crippen molar-refractivity contribution in [3.05, 3.63) is 72.4 Å². The lowest BCUT2D eigenvalue weighted by molar-refractivity contribution is 0.296. The Morgan fingerprint density at radius 3 is 2.75 bits per heavy atom. The van der Waals surface area contributed by atoms with Crippen LogP contribution in [0.2, 0.25) is 0 Å². The van der Waals surface area contributed by atoms with Crippen LogP contribution in [0.3, 0.4) is 0 Å². The Bertz CT molecular complexity index is 759. The molecule has 4 nitrogen and oxygen atoms in total. The molecule has 0 aliphatic rings. The molecule has 24 heavy (non-hydrogen) atoms. The molecule has 0 fully saturated rings. The number of hydrogen-bond donors (Lipinski definition) is 1. The monoisotopic (exact) mass is 326 g/mol. The van der Waals surface area contributed by atoms with Gasteiger partial charge in [-0.05, 0) is 43.3 Å². The molecule has 0 aliphatic carbocycles. The highest BCUT2D eigenvalue weighted by Gasteiger charge is 2.08. The molecular formula is C19H19FN2O2. The highest BCUT2D eigenvalue weighted by Crippen LogP contribution is 2.24. The maximum absolute atomic E-state index is 13.7. The standard InChI is InChI=1S/C19H19FN2O2/c20-17-7-2-1-6-16(17)18-10-9-15(24-18)14-21-11-5-13-23-19-8-3-4-12-22-19/h1-4,6-10,12,21H,5,11,13-14H2. The molecule has 0 aliphatic heterocycles. The van der Waals surface area contributed by atoms with Crippen LogP contribution >= 0.6 is 0 Å². The van der Waals surface area contributed by atoms with Crippen molar-refractivity contribution >= 4 is 0 Å². The maximum Gasteiger partial charge on any atom is 0.213 e. The van der Waals surface area contributed by atoms with Crippen LogP contribution in [0.15, 0.2) is 65.2 Å². The van der Waals surface area contributed by atoms with E-state index in [1.54, 1.807) is 30.5 Å². The van der Waals surface area contributed by atoms with Crippen molar-refractivity contribution < 1.29 is 13.5 Å². The number of furan rings is 1. The molecule has 0 saturated heterocycles. The molecule has 3 rings (SSSR count). The molecule has 3 aromatic rings. The third kappa shape index (κ3) is 4.43. The van der Waals surface area contributed by atoms with Gasteiger partial charge in [-0.2, -0.15) is 0 Å². The summed E-state index contributed by atoms with van der Waals surface area (Å²) in [5, 5.41) is 3.28. The zero-order chi connectivity index (χ0) is 16.6. The van der Waals surface area contributed by atoms with Gasteiger partial charge < -0.3 is 14.5 Å². The van der Waals surface area contributed by atoms with E-state index in [1.165, 1.54) is 6.07 Å². The molecule has 5 heteroatoms. The minimum atomic E-state index is -0.280. The number of pyridine rings is 1. The molecule has 1 aromatic carbocycles. The minimum absolute atomic E-state index is 0.280. The van der Waals surface area contributed by atoms with Crippen molar-refractivity contribution in [3.63, 3.8) is 0 Å². The summed E-state index contributed by atoms with van der Waals surface area (Å²) in [6.45, 7) is 1.99. The summed E-state index contributed by atoms with van der Waals surface area (Å²) >= 11 is 0. The van der Waals surface area contributed by atoms with Gasteiger partial charge in [0.2, 0.25) is 5.88 Å². The molecule has 2 aromatic heterocycles. The van der Waals surface area contributed by atoms with Crippen LogP contribution < -0.4 is 10.1 Å². The van der Waals surface area contributed by atoms with Crippen LogP contribution in [-0.4, -0.2) is 18.1 Å². The Balaban J connectivity index is 1.39. The van der Waals surface area contributed by atoms with Gasteiger partial charge in [0.25, 0.3) is 0 Å². The lowest BCUT2D eigenvalue weighted by atomic mass is 10.1. The van der Waals surface area contributed by atoms with E-state index in [1.807, 2.05) is 24.3 Å². The van der Waals surface area contributed by atoms with Gasteiger partial charge in [0.15, 0.2) is 0 Å². The summed E-state index contributed by atoms with van der Waals surface area (Å²) in [4.78, 5) is 4.09. The van der Waals surface area contributed by atoms with Gasteiger partial charge in [0.1, 0.15) is 17.3 Å². The van der Waals surface area contributed by atoms with Crippen LogP contribution in [0.5, 0.6) is 5.88 Å². The number of ether oxygens (including phenoxy) is 1. The summed E-state index contributed by atoms with van der Waals surface area (Å²) in [6.07, 6.45) is 2.56. The van der Waals surface area contributed by atoms with E-state index in [-0.39, 0.29) is 5.82 Å². The second kappa shape index (κ2) is 8.26. The molecule has 0 saturated carbocycles. The number of nitrogens with one attached hydrogen (secondary N) is 1. The third-order valence-corrected chi connectivity index (χ3v) is 3.49. The molecule has 0 spiro atoms. The normalized spacial score (nSPS) is 10.7. The predicted octanol–water partition coefficient (Wildman–Crippen LogP) is 4.04. The predicted molar refractivity (Wildman–Crippen MR) is 90.2 cm³/mol. The minimum Gasteiger partial charge on any atom is -0.478 e. The molecule has 0 atom stereocenters. The van der Waals surface area contributed by atoms with Crippen LogP contribution in [-0.2, 0) is 6.54 Å². The van der Waals surface area contributed by atoms with Crippen LogP contribution in [0.25, 0.3) is 11.3 Å². The average molecular weight is 326 g/mol. The Hall–Kier alpha value is -2.66.